The minimum absolute atomic E-state index is 0.0228. The maximum atomic E-state index is 12.7. The van der Waals surface area contributed by atoms with Crippen LogP contribution in [-0.4, -0.2) is 45.4 Å². The number of nitrogens with one attached hydrogen (secondary N) is 1. The first kappa shape index (κ1) is 24.4. The third-order valence-corrected chi connectivity index (χ3v) is 7.59. The summed E-state index contributed by atoms with van der Waals surface area (Å²) in [5, 5.41) is 3.35. The summed E-state index contributed by atoms with van der Waals surface area (Å²) in [6.07, 6.45) is 0.987. The molecular weight excluding hydrogens is 452 g/mol. The molecule has 0 bridgehead atoms. The van der Waals surface area contributed by atoms with Crippen LogP contribution in [0.2, 0.25) is 5.02 Å². The van der Waals surface area contributed by atoms with Gasteiger partial charge < -0.3 is 14.8 Å². The van der Waals surface area contributed by atoms with Gasteiger partial charge in [0.1, 0.15) is 0 Å². The van der Waals surface area contributed by atoms with Gasteiger partial charge in [0, 0.05) is 25.6 Å². The van der Waals surface area contributed by atoms with E-state index >= 15 is 0 Å². The van der Waals surface area contributed by atoms with Crippen molar-refractivity contribution < 1.29 is 22.7 Å². The van der Waals surface area contributed by atoms with E-state index in [1.807, 2.05) is 25.1 Å². The van der Waals surface area contributed by atoms with Crippen molar-refractivity contribution in [2.45, 2.75) is 32.1 Å². The van der Waals surface area contributed by atoms with Gasteiger partial charge in [-0.05, 0) is 43.0 Å². The average Bonchev–Trinajstić information content (AvgIpc) is 2.79. The van der Waals surface area contributed by atoms with Gasteiger partial charge in [-0.15, -0.1) is 0 Å². The largest absolute Gasteiger partial charge is 0.493 e. The van der Waals surface area contributed by atoms with Crippen molar-refractivity contribution in [3.05, 3.63) is 58.6 Å². The molecule has 9 heteroatoms. The molecule has 0 unspecified atom stereocenters. The number of ether oxygens (including phenoxy) is 2. The number of nitrogens with zero attached hydrogens (tertiary/aromatic N) is 1. The van der Waals surface area contributed by atoms with Crippen LogP contribution >= 0.6 is 11.6 Å². The Morgan fingerprint density at radius 1 is 1.16 bits per heavy atom. The van der Waals surface area contributed by atoms with Crippen molar-refractivity contribution >= 4 is 27.5 Å². The molecule has 1 aliphatic heterocycles. The van der Waals surface area contributed by atoms with Crippen LogP contribution in [0.5, 0.6) is 11.5 Å². The average molecular weight is 481 g/mol. The van der Waals surface area contributed by atoms with Crippen LogP contribution in [0, 0.1) is 5.92 Å². The number of amides is 1. The Morgan fingerprint density at radius 3 is 2.47 bits per heavy atom. The van der Waals surface area contributed by atoms with E-state index in [9.17, 15) is 13.2 Å². The van der Waals surface area contributed by atoms with Crippen molar-refractivity contribution in [1.82, 2.24) is 9.62 Å². The highest BCUT2D eigenvalue weighted by Gasteiger charge is 2.31. The van der Waals surface area contributed by atoms with E-state index in [4.69, 9.17) is 21.1 Å². The van der Waals surface area contributed by atoms with Gasteiger partial charge in [0.05, 0.1) is 24.5 Å². The Labute approximate surface area is 194 Å². The maximum Gasteiger partial charge on any atom is 0.223 e. The second-order valence-corrected chi connectivity index (χ2v) is 10.1. The number of halogens is 1. The Balaban J connectivity index is 1.53. The molecule has 1 amide bonds. The molecule has 174 valence electrons. The fourth-order valence-corrected chi connectivity index (χ4v) is 5.62. The lowest BCUT2D eigenvalue weighted by Crippen LogP contribution is -2.43. The summed E-state index contributed by atoms with van der Waals surface area (Å²) >= 11 is 6.29. The molecule has 0 atom stereocenters. The summed E-state index contributed by atoms with van der Waals surface area (Å²) in [5.41, 5.74) is 1.56. The second kappa shape index (κ2) is 11.0. The van der Waals surface area contributed by atoms with Crippen molar-refractivity contribution in [2.24, 2.45) is 5.92 Å². The monoisotopic (exact) mass is 480 g/mol. The molecule has 1 aliphatic rings. The third kappa shape index (κ3) is 6.15. The van der Waals surface area contributed by atoms with Crippen molar-refractivity contribution in [3.63, 3.8) is 0 Å². The summed E-state index contributed by atoms with van der Waals surface area (Å²) in [4.78, 5) is 12.7. The van der Waals surface area contributed by atoms with Crippen LogP contribution in [0.25, 0.3) is 0 Å². The number of piperidine rings is 1. The highest BCUT2D eigenvalue weighted by atomic mass is 35.5. The quantitative estimate of drug-likeness (QED) is 0.592. The van der Waals surface area contributed by atoms with E-state index in [1.54, 1.807) is 24.3 Å². The fourth-order valence-electron chi connectivity index (χ4n) is 3.77. The normalized spacial score (nSPS) is 15.3. The lowest BCUT2D eigenvalue weighted by atomic mass is 9.97. The van der Waals surface area contributed by atoms with E-state index in [2.05, 4.69) is 5.32 Å². The minimum Gasteiger partial charge on any atom is -0.493 e. The van der Waals surface area contributed by atoms with Crippen LogP contribution in [0.4, 0.5) is 0 Å². The second-order valence-electron chi connectivity index (χ2n) is 7.67. The predicted molar refractivity (Wildman–Crippen MR) is 124 cm³/mol. The summed E-state index contributed by atoms with van der Waals surface area (Å²) in [6.45, 7) is 3.31. The number of carbonyl (C=O) groups is 1. The molecule has 0 spiro atoms. The Hall–Kier alpha value is -2.29. The molecule has 1 fully saturated rings. The summed E-state index contributed by atoms with van der Waals surface area (Å²) in [7, 11) is -1.86. The summed E-state index contributed by atoms with van der Waals surface area (Å²) < 4.78 is 37.7. The Kier molecular flexibility index (Phi) is 8.39. The molecule has 0 aromatic heterocycles. The van der Waals surface area contributed by atoms with Gasteiger partial charge in [-0.1, -0.05) is 41.9 Å². The van der Waals surface area contributed by atoms with E-state index in [0.717, 1.165) is 11.1 Å². The van der Waals surface area contributed by atoms with Gasteiger partial charge in [-0.3, -0.25) is 4.79 Å². The molecule has 2 aromatic carbocycles. The standard InChI is InChI=1S/C23H29ClN2O5S/c1-3-31-22-20(24)13-18(14-21(22)30-2)15-25-23(27)19-9-11-26(12-10-19)32(28,29)16-17-7-5-4-6-8-17/h4-8,13-14,19H,3,9-12,15-16H2,1-2H3,(H,25,27). The molecular formula is C23H29ClN2O5S. The molecule has 1 saturated heterocycles. The number of benzene rings is 2. The number of hydrogen-bond donors (Lipinski definition) is 1. The third-order valence-electron chi connectivity index (χ3n) is 5.45. The van der Waals surface area contributed by atoms with E-state index < -0.39 is 10.0 Å². The summed E-state index contributed by atoms with van der Waals surface area (Å²) in [6, 6.07) is 12.7. The molecule has 0 radical (unpaired) electrons. The number of sulfonamides is 1. The van der Waals surface area contributed by atoms with E-state index in [1.165, 1.54) is 11.4 Å². The zero-order valence-electron chi connectivity index (χ0n) is 18.3. The zero-order chi connectivity index (χ0) is 23.1. The molecule has 1 N–H and O–H groups in total. The molecule has 2 aromatic rings. The van der Waals surface area contributed by atoms with Gasteiger partial charge in [0.15, 0.2) is 11.5 Å². The molecule has 3 rings (SSSR count). The zero-order valence-corrected chi connectivity index (χ0v) is 19.9. The van der Waals surface area contributed by atoms with Gasteiger partial charge in [-0.2, -0.15) is 0 Å². The smallest absolute Gasteiger partial charge is 0.223 e. The number of rotatable bonds is 9. The van der Waals surface area contributed by atoms with Crippen LogP contribution in [0.1, 0.15) is 30.9 Å². The number of carbonyl (C=O) groups excluding carboxylic acids is 1. The molecule has 32 heavy (non-hydrogen) atoms. The first-order valence-electron chi connectivity index (χ1n) is 10.6. The Morgan fingerprint density at radius 2 is 1.84 bits per heavy atom. The van der Waals surface area contributed by atoms with E-state index in [-0.39, 0.29) is 17.6 Å². The van der Waals surface area contributed by atoms with Crippen molar-refractivity contribution in [2.75, 3.05) is 26.8 Å². The van der Waals surface area contributed by atoms with E-state index in [0.29, 0.717) is 55.6 Å². The van der Waals surface area contributed by atoms with Gasteiger partial charge >= 0.3 is 0 Å². The first-order valence-corrected chi connectivity index (χ1v) is 12.6. The van der Waals surface area contributed by atoms with Crippen molar-refractivity contribution in [3.8, 4) is 11.5 Å². The summed E-state index contributed by atoms with van der Waals surface area (Å²) in [5.74, 6) is 0.661. The maximum absolute atomic E-state index is 12.7. The highest BCUT2D eigenvalue weighted by molar-refractivity contribution is 7.88. The van der Waals surface area contributed by atoms with Gasteiger partial charge in [0.2, 0.25) is 15.9 Å². The molecule has 1 heterocycles. The van der Waals surface area contributed by atoms with Gasteiger partial charge in [0.25, 0.3) is 0 Å². The lowest BCUT2D eigenvalue weighted by molar-refractivity contribution is -0.126. The Bertz CT molecular complexity index is 1020. The first-order chi connectivity index (χ1) is 15.3. The lowest BCUT2D eigenvalue weighted by Gasteiger charge is -2.30. The molecule has 0 saturated carbocycles. The van der Waals surface area contributed by atoms with Crippen LogP contribution in [0.15, 0.2) is 42.5 Å². The number of methoxy groups -OCH3 is 1. The van der Waals surface area contributed by atoms with Crippen LogP contribution in [-0.2, 0) is 27.1 Å². The molecule has 7 nitrogen and oxygen atoms in total. The van der Waals surface area contributed by atoms with Crippen molar-refractivity contribution in [1.29, 1.82) is 0 Å². The SMILES string of the molecule is CCOc1c(Cl)cc(CNC(=O)C2CCN(S(=O)(=O)Cc3ccccc3)CC2)cc1OC. The van der Waals surface area contributed by atoms with Crippen LogP contribution in [0.3, 0.4) is 0 Å². The number of hydrogen-bond acceptors (Lipinski definition) is 5. The van der Waals surface area contributed by atoms with Gasteiger partial charge in [-0.25, -0.2) is 12.7 Å². The predicted octanol–water partition coefficient (Wildman–Crippen LogP) is 3.61. The minimum atomic E-state index is -3.40. The fraction of sp³-hybridized carbons (Fsp3) is 0.435. The highest BCUT2D eigenvalue weighted by Crippen LogP contribution is 2.36. The topological polar surface area (TPSA) is 84.9 Å². The van der Waals surface area contributed by atoms with Crippen LogP contribution < -0.4 is 14.8 Å². The molecule has 0 aliphatic carbocycles.